The molecule has 1 aliphatic rings. The molecular formula is C12H24N2O2. The first-order valence-electron chi connectivity index (χ1n) is 6.18. The van der Waals surface area contributed by atoms with Gasteiger partial charge < -0.3 is 15.8 Å². The van der Waals surface area contributed by atoms with Crippen LogP contribution in [-0.4, -0.2) is 31.7 Å². The second kappa shape index (κ2) is 6.86. The molecule has 0 heterocycles. The Morgan fingerprint density at radius 3 is 2.56 bits per heavy atom. The van der Waals surface area contributed by atoms with Crippen molar-refractivity contribution in [3.05, 3.63) is 0 Å². The molecule has 1 unspecified atom stereocenters. The Balaban J connectivity index is 2.23. The van der Waals surface area contributed by atoms with Crippen LogP contribution in [-0.2, 0) is 9.53 Å². The first-order chi connectivity index (χ1) is 7.65. The van der Waals surface area contributed by atoms with Crippen LogP contribution in [0.4, 0.5) is 0 Å². The number of hydrogen-bond acceptors (Lipinski definition) is 3. The molecule has 16 heavy (non-hydrogen) atoms. The highest BCUT2D eigenvalue weighted by Gasteiger charge is 2.20. The minimum absolute atomic E-state index is 0.0665. The molecule has 0 bridgehead atoms. The predicted molar refractivity (Wildman–Crippen MR) is 64.0 cm³/mol. The quantitative estimate of drug-likeness (QED) is 0.739. The third-order valence-corrected chi connectivity index (χ3v) is 3.39. The van der Waals surface area contributed by atoms with E-state index < -0.39 is 0 Å². The summed E-state index contributed by atoms with van der Waals surface area (Å²) in [6.07, 6.45) is 4.87. The molecule has 1 saturated carbocycles. The average Bonchev–Trinajstić information content (AvgIpc) is 2.29. The van der Waals surface area contributed by atoms with Crippen LogP contribution in [0.2, 0.25) is 0 Å². The number of rotatable bonds is 5. The van der Waals surface area contributed by atoms with Gasteiger partial charge in [0.2, 0.25) is 5.91 Å². The Hall–Kier alpha value is -0.610. The summed E-state index contributed by atoms with van der Waals surface area (Å²) < 4.78 is 5.09. The summed E-state index contributed by atoms with van der Waals surface area (Å²) in [5.41, 5.74) is 5.48. The summed E-state index contributed by atoms with van der Waals surface area (Å²) in [7, 11) is 1.59. The lowest BCUT2D eigenvalue weighted by atomic mass is 9.87. The second-order valence-corrected chi connectivity index (χ2v) is 4.82. The van der Waals surface area contributed by atoms with Crippen LogP contribution in [0.5, 0.6) is 0 Å². The van der Waals surface area contributed by atoms with Crippen LogP contribution < -0.4 is 11.1 Å². The third-order valence-electron chi connectivity index (χ3n) is 3.39. The van der Waals surface area contributed by atoms with Gasteiger partial charge in [0.1, 0.15) is 0 Å². The van der Waals surface area contributed by atoms with Crippen LogP contribution in [0.15, 0.2) is 0 Å². The van der Waals surface area contributed by atoms with Crippen molar-refractivity contribution in [3.8, 4) is 0 Å². The molecule has 1 rings (SSSR count). The number of ether oxygens (including phenoxy) is 1. The fourth-order valence-electron chi connectivity index (χ4n) is 2.16. The summed E-state index contributed by atoms with van der Waals surface area (Å²) in [6, 6.07) is 0.360. The zero-order valence-corrected chi connectivity index (χ0v) is 10.4. The number of carbonyl (C=O) groups is 1. The minimum atomic E-state index is -0.150. The molecular weight excluding hydrogens is 204 g/mol. The van der Waals surface area contributed by atoms with E-state index in [0.717, 1.165) is 18.8 Å². The molecule has 0 radical (unpaired) electrons. The maximum atomic E-state index is 11.7. The molecule has 4 heteroatoms. The van der Waals surface area contributed by atoms with Gasteiger partial charge in [-0.05, 0) is 31.6 Å². The van der Waals surface area contributed by atoms with Crippen molar-refractivity contribution >= 4 is 5.91 Å². The van der Waals surface area contributed by atoms with Gasteiger partial charge in [-0.1, -0.05) is 6.92 Å². The monoisotopic (exact) mass is 228 g/mol. The van der Waals surface area contributed by atoms with Crippen molar-refractivity contribution in [1.29, 1.82) is 0 Å². The van der Waals surface area contributed by atoms with Gasteiger partial charge in [-0.3, -0.25) is 4.79 Å². The summed E-state index contributed by atoms with van der Waals surface area (Å²) in [4.78, 5) is 11.7. The van der Waals surface area contributed by atoms with E-state index in [9.17, 15) is 4.79 Å². The first kappa shape index (κ1) is 13.5. The van der Waals surface area contributed by atoms with E-state index in [1.165, 1.54) is 12.8 Å². The number of nitrogens with two attached hydrogens (primary N) is 1. The summed E-state index contributed by atoms with van der Waals surface area (Å²) in [6.45, 7) is 2.67. The maximum absolute atomic E-state index is 11.7. The Labute approximate surface area is 97.9 Å². The van der Waals surface area contributed by atoms with Crippen molar-refractivity contribution in [2.24, 2.45) is 11.7 Å². The maximum Gasteiger partial charge on any atom is 0.222 e. The summed E-state index contributed by atoms with van der Waals surface area (Å²) in [5, 5.41) is 3.06. The van der Waals surface area contributed by atoms with Gasteiger partial charge >= 0.3 is 0 Å². The SMILES string of the molecule is COC(CN)CC(=O)NC1CCC(C)CC1. The van der Waals surface area contributed by atoms with E-state index in [4.69, 9.17) is 10.5 Å². The topological polar surface area (TPSA) is 64.3 Å². The summed E-state index contributed by atoms with van der Waals surface area (Å²) in [5.74, 6) is 0.876. The van der Waals surface area contributed by atoms with Crippen molar-refractivity contribution < 1.29 is 9.53 Å². The van der Waals surface area contributed by atoms with Crippen molar-refractivity contribution in [2.75, 3.05) is 13.7 Å². The molecule has 0 aliphatic heterocycles. The highest BCUT2D eigenvalue weighted by Crippen LogP contribution is 2.23. The van der Waals surface area contributed by atoms with E-state index in [2.05, 4.69) is 12.2 Å². The fraction of sp³-hybridized carbons (Fsp3) is 0.917. The normalized spacial score (nSPS) is 27.4. The molecule has 1 atom stereocenters. The number of hydrogen-bond donors (Lipinski definition) is 2. The van der Waals surface area contributed by atoms with Crippen LogP contribution >= 0.6 is 0 Å². The van der Waals surface area contributed by atoms with Crippen molar-refractivity contribution in [1.82, 2.24) is 5.32 Å². The smallest absolute Gasteiger partial charge is 0.222 e. The number of methoxy groups -OCH3 is 1. The highest BCUT2D eigenvalue weighted by molar-refractivity contribution is 5.76. The number of carbonyl (C=O) groups excluding carboxylic acids is 1. The lowest BCUT2D eigenvalue weighted by Crippen LogP contribution is -2.40. The molecule has 1 amide bonds. The molecule has 0 aromatic rings. The van der Waals surface area contributed by atoms with Crippen LogP contribution in [0.1, 0.15) is 39.0 Å². The van der Waals surface area contributed by atoms with Gasteiger partial charge in [0.05, 0.1) is 12.5 Å². The van der Waals surface area contributed by atoms with E-state index in [1.54, 1.807) is 7.11 Å². The highest BCUT2D eigenvalue weighted by atomic mass is 16.5. The van der Waals surface area contributed by atoms with Crippen LogP contribution in [0.25, 0.3) is 0 Å². The van der Waals surface area contributed by atoms with E-state index in [-0.39, 0.29) is 12.0 Å². The molecule has 0 saturated heterocycles. The molecule has 0 aromatic carbocycles. The fourth-order valence-corrected chi connectivity index (χ4v) is 2.16. The Morgan fingerprint density at radius 2 is 2.06 bits per heavy atom. The molecule has 1 fully saturated rings. The zero-order valence-electron chi connectivity index (χ0n) is 10.4. The van der Waals surface area contributed by atoms with E-state index >= 15 is 0 Å². The second-order valence-electron chi connectivity index (χ2n) is 4.82. The molecule has 4 nitrogen and oxygen atoms in total. The van der Waals surface area contributed by atoms with Gasteiger partial charge in [0.15, 0.2) is 0 Å². The largest absolute Gasteiger partial charge is 0.380 e. The standard InChI is InChI=1S/C12H24N2O2/c1-9-3-5-10(6-4-9)14-12(15)7-11(8-13)16-2/h9-11H,3-8,13H2,1-2H3,(H,14,15). The molecule has 3 N–H and O–H groups in total. The summed E-state index contributed by atoms with van der Waals surface area (Å²) >= 11 is 0. The van der Waals surface area contributed by atoms with Crippen molar-refractivity contribution in [3.63, 3.8) is 0 Å². The lowest BCUT2D eigenvalue weighted by Gasteiger charge is -2.27. The van der Waals surface area contributed by atoms with Gasteiger partial charge in [0, 0.05) is 19.7 Å². The van der Waals surface area contributed by atoms with E-state index in [1.807, 2.05) is 0 Å². The Morgan fingerprint density at radius 1 is 1.44 bits per heavy atom. The molecule has 1 aliphatic carbocycles. The van der Waals surface area contributed by atoms with Crippen LogP contribution in [0, 0.1) is 5.92 Å². The zero-order chi connectivity index (χ0) is 12.0. The van der Waals surface area contributed by atoms with Crippen LogP contribution in [0.3, 0.4) is 0 Å². The Bertz CT molecular complexity index is 209. The molecule has 0 spiro atoms. The van der Waals surface area contributed by atoms with Crippen molar-refractivity contribution in [2.45, 2.75) is 51.2 Å². The first-order valence-corrected chi connectivity index (χ1v) is 6.18. The number of amides is 1. The molecule has 94 valence electrons. The van der Waals surface area contributed by atoms with Gasteiger partial charge in [-0.2, -0.15) is 0 Å². The predicted octanol–water partition coefficient (Wildman–Crippen LogP) is 1.05. The number of nitrogens with one attached hydrogen (secondary N) is 1. The minimum Gasteiger partial charge on any atom is -0.380 e. The molecule has 0 aromatic heterocycles. The van der Waals surface area contributed by atoms with E-state index in [0.29, 0.717) is 19.0 Å². The Kier molecular flexibility index (Phi) is 5.77. The third kappa shape index (κ3) is 4.49. The van der Waals surface area contributed by atoms with Gasteiger partial charge in [0.25, 0.3) is 0 Å². The van der Waals surface area contributed by atoms with Gasteiger partial charge in [-0.15, -0.1) is 0 Å². The van der Waals surface area contributed by atoms with Gasteiger partial charge in [-0.25, -0.2) is 0 Å². The average molecular weight is 228 g/mol. The lowest BCUT2D eigenvalue weighted by molar-refractivity contribution is -0.124.